The van der Waals surface area contributed by atoms with Crippen molar-refractivity contribution in [1.82, 2.24) is 24.1 Å². The monoisotopic (exact) mass is 315 g/mol. The zero-order chi connectivity index (χ0) is 15.1. The minimum absolute atomic E-state index is 0.00579. The molecule has 0 aromatic carbocycles. The Bertz CT molecular complexity index is 788. The molecule has 6 nitrogen and oxygen atoms in total. The normalized spacial score (nSPS) is 19.0. The number of hydrogen-bond donors (Lipinski definition) is 0. The van der Waals surface area contributed by atoms with Gasteiger partial charge in [0.2, 0.25) is 0 Å². The molecule has 1 fully saturated rings. The molecular weight excluding hydrogens is 298 g/mol. The van der Waals surface area contributed by atoms with Gasteiger partial charge in [0.25, 0.3) is 5.91 Å². The van der Waals surface area contributed by atoms with Gasteiger partial charge in [-0.3, -0.25) is 13.9 Å². The molecule has 0 N–H and O–H groups in total. The summed E-state index contributed by atoms with van der Waals surface area (Å²) in [6, 6.07) is 2.06. The number of likely N-dealkylation sites (tertiary alicyclic amines) is 1. The van der Waals surface area contributed by atoms with Gasteiger partial charge in [0.05, 0.1) is 11.7 Å². The predicted molar refractivity (Wildman–Crippen MR) is 83.9 cm³/mol. The molecule has 0 bridgehead atoms. The van der Waals surface area contributed by atoms with Crippen LogP contribution < -0.4 is 0 Å². The quantitative estimate of drug-likeness (QED) is 0.730. The fraction of sp³-hybridized carbons (Fsp3) is 0.400. The molecule has 1 atom stereocenters. The Morgan fingerprint density at radius 2 is 2.27 bits per heavy atom. The number of aryl methyl sites for hydroxylation is 1. The fourth-order valence-electron chi connectivity index (χ4n) is 3.07. The largest absolute Gasteiger partial charge is 0.329 e. The van der Waals surface area contributed by atoms with Crippen LogP contribution in [0.5, 0.6) is 0 Å². The lowest BCUT2D eigenvalue weighted by Crippen LogP contribution is -2.39. The summed E-state index contributed by atoms with van der Waals surface area (Å²) < 4.78 is 3.69. The second-order valence-corrected chi connectivity index (χ2v) is 6.52. The average molecular weight is 315 g/mol. The van der Waals surface area contributed by atoms with E-state index in [9.17, 15) is 4.79 Å². The summed E-state index contributed by atoms with van der Waals surface area (Å²) in [7, 11) is 1.90. The molecule has 0 radical (unpaired) electrons. The van der Waals surface area contributed by atoms with E-state index in [1.807, 2.05) is 46.4 Å². The Hall–Kier alpha value is -2.15. The first-order chi connectivity index (χ1) is 10.7. The number of imidazole rings is 1. The summed E-state index contributed by atoms with van der Waals surface area (Å²) in [5.74, 6) is 0.00579. The number of carbonyl (C=O) groups is 1. The van der Waals surface area contributed by atoms with Gasteiger partial charge in [-0.1, -0.05) is 0 Å². The number of hydrogen-bond acceptors (Lipinski definition) is 4. The topological polar surface area (TPSA) is 55.4 Å². The molecule has 0 spiro atoms. The Balaban J connectivity index is 1.65. The number of nitrogens with zero attached hydrogens (tertiary/aromatic N) is 5. The molecular formula is C15H17N5OS. The number of thiazole rings is 1. The van der Waals surface area contributed by atoms with Crippen LogP contribution in [0.4, 0.5) is 0 Å². The van der Waals surface area contributed by atoms with Crippen LogP contribution in [0.25, 0.3) is 4.96 Å². The van der Waals surface area contributed by atoms with E-state index in [0.717, 1.165) is 36.5 Å². The van der Waals surface area contributed by atoms with Crippen molar-refractivity contribution in [2.24, 2.45) is 7.05 Å². The highest BCUT2D eigenvalue weighted by molar-refractivity contribution is 7.15. The third kappa shape index (κ3) is 2.21. The summed E-state index contributed by atoms with van der Waals surface area (Å²) in [6.45, 7) is 0.769. The zero-order valence-corrected chi connectivity index (χ0v) is 13.2. The lowest BCUT2D eigenvalue weighted by molar-refractivity contribution is 0.0600. The summed E-state index contributed by atoms with van der Waals surface area (Å²) >= 11 is 1.54. The maximum absolute atomic E-state index is 12.9. The van der Waals surface area contributed by atoms with Crippen LogP contribution in [0, 0.1) is 0 Å². The van der Waals surface area contributed by atoms with Crippen molar-refractivity contribution in [3.63, 3.8) is 0 Å². The molecule has 4 heterocycles. The van der Waals surface area contributed by atoms with Crippen molar-refractivity contribution in [2.75, 3.05) is 6.54 Å². The van der Waals surface area contributed by atoms with Crippen molar-refractivity contribution < 1.29 is 4.79 Å². The number of amides is 1. The molecule has 22 heavy (non-hydrogen) atoms. The molecule has 1 saturated heterocycles. The van der Waals surface area contributed by atoms with Crippen LogP contribution in [0.2, 0.25) is 0 Å². The molecule has 1 amide bonds. The molecule has 4 rings (SSSR count). The van der Waals surface area contributed by atoms with Gasteiger partial charge in [-0.15, -0.1) is 11.3 Å². The molecule has 0 unspecified atom stereocenters. The molecule has 3 aromatic rings. The summed E-state index contributed by atoms with van der Waals surface area (Å²) in [6.07, 6.45) is 8.80. The van der Waals surface area contributed by atoms with E-state index >= 15 is 0 Å². The number of rotatable bonds is 2. The maximum atomic E-state index is 12.9. The Morgan fingerprint density at radius 1 is 1.36 bits per heavy atom. The fourth-order valence-corrected chi connectivity index (χ4v) is 3.77. The minimum atomic E-state index is 0.00579. The van der Waals surface area contributed by atoms with Gasteiger partial charge >= 0.3 is 0 Å². The second-order valence-electron chi connectivity index (χ2n) is 5.64. The van der Waals surface area contributed by atoms with Gasteiger partial charge < -0.3 is 4.90 Å². The first-order valence-corrected chi connectivity index (χ1v) is 8.33. The van der Waals surface area contributed by atoms with Crippen LogP contribution in [0.3, 0.4) is 0 Å². The summed E-state index contributed by atoms with van der Waals surface area (Å²) in [5.41, 5.74) is 1.49. The highest BCUT2D eigenvalue weighted by Crippen LogP contribution is 2.31. The van der Waals surface area contributed by atoms with Crippen LogP contribution in [-0.2, 0) is 7.05 Å². The third-order valence-electron chi connectivity index (χ3n) is 4.15. The van der Waals surface area contributed by atoms with Gasteiger partial charge in [0.15, 0.2) is 4.96 Å². The van der Waals surface area contributed by atoms with E-state index in [-0.39, 0.29) is 11.9 Å². The van der Waals surface area contributed by atoms with Crippen LogP contribution in [0.1, 0.15) is 41.5 Å². The molecule has 114 valence electrons. The maximum Gasteiger partial charge on any atom is 0.274 e. The van der Waals surface area contributed by atoms with Crippen molar-refractivity contribution in [3.05, 3.63) is 41.4 Å². The van der Waals surface area contributed by atoms with Crippen LogP contribution in [0.15, 0.2) is 30.0 Å². The van der Waals surface area contributed by atoms with Crippen molar-refractivity contribution in [2.45, 2.75) is 25.3 Å². The van der Waals surface area contributed by atoms with Crippen molar-refractivity contribution in [3.8, 4) is 0 Å². The summed E-state index contributed by atoms with van der Waals surface area (Å²) in [4.78, 5) is 20.1. The third-order valence-corrected chi connectivity index (χ3v) is 4.92. The lowest BCUT2D eigenvalue weighted by Gasteiger charge is -2.34. The standard InChI is InChI=1S/C15H17N5OS/c1-18-7-5-11(17-18)13-4-2-3-6-20(13)14(21)12-10-19-8-9-22-15(19)16-12/h5,7-10,13H,2-4,6H2,1H3/t13-/m1/s1. The molecule has 3 aromatic heterocycles. The van der Waals surface area contributed by atoms with Crippen molar-refractivity contribution >= 4 is 22.2 Å². The molecule has 0 aliphatic carbocycles. The first kappa shape index (κ1) is 13.5. The van der Waals surface area contributed by atoms with E-state index < -0.39 is 0 Å². The average Bonchev–Trinajstić information content (AvgIpc) is 3.21. The van der Waals surface area contributed by atoms with E-state index in [1.54, 1.807) is 4.68 Å². The summed E-state index contributed by atoms with van der Waals surface area (Å²) in [5, 5.41) is 6.46. The van der Waals surface area contributed by atoms with E-state index in [4.69, 9.17) is 0 Å². The number of aromatic nitrogens is 4. The van der Waals surface area contributed by atoms with Crippen LogP contribution >= 0.6 is 11.3 Å². The SMILES string of the molecule is Cn1ccc([C@H]2CCCCN2C(=O)c2cn3ccsc3n2)n1. The highest BCUT2D eigenvalue weighted by Gasteiger charge is 2.31. The van der Waals surface area contributed by atoms with Gasteiger partial charge in [0, 0.05) is 37.6 Å². The van der Waals surface area contributed by atoms with Gasteiger partial charge in [-0.25, -0.2) is 4.98 Å². The van der Waals surface area contributed by atoms with Gasteiger partial charge in [-0.2, -0.15) is 5.10 Å². The van der Waals surface area contributed by atoms with Crippen molar-refractivity contribution in [1.29, 1.82) is 0 Å². The Labute approximate surface area is 132 Å². The second kappa shape index (κ2) is 5.24. The minimum Gasteiger partial charge on any atom is -0.329 e. The number of fused-ring (bicyclic) bond motifs is 1. The molecule has 0 saturated carbocycles. The van der Waals surface area contributed by atoms with E-state index in [0.29, 0.717) is 5.69 Å². The highest BCUT2D eigenvalue weighted by atomic mass is 32.1. The molecule has 7 heteroatoms. The smallest absolute Gasteiger partial charge is 0.274 e. The van der Waals surface area contributed by atoms with Gasteiger partial charge in [0.1, 0.15) is 5.69 Å². The zero-order valence-electron chi connectivity index (χ0n) is 12.3. The Kier molecular flexibility index (Phi) is 3.22. The van der Waals surface area contributed by atoms with Crippen LogP contribution in [-0.4, -0.2) is 36.5 Å². The molecule has 1 aliphatic rings. The first-order valence-electron chi connectivity index (χ1n) is 7.45. The van der Waals surface area contributed by atoms with E-state index in [2.05, 4.69) is 10.1 Å². The van der Waals surface area contributed by atoms with Gasteiger partial charge in [-0.05, 0) is 25.3 Å². The number of carbonyl (C=O) groups excluding carboxylic acids is 1. The molecule has 1 aliphatic heterocycles. The predicted octanol–water partition coefficient (Wildman–Crippen LogP) is 2.50. The number of piperidine rings is 1. The Morgan fingerprint density at radius 3 is 3.05 bits per heavy atom. The lowest BCUT2D eigenvalue weighted by atomic mass is 9.99. The van der Waals surface area contributed by atoms with E-state index in [1.165, 1.54) is 11.3 Å².